The SMILES string of the molecule is Cc1[c-]scc1C.[V]. The molecule has 0 N–H and O–H groups in total. The third kappa shape index (κ3) is 1.66. The third-order valence-electron chi connectivity index (χ3n) is 1.04. The minimum Gasteiger partial charge on any atom is -0.303 e. The van der Waals surface area contributed by atoms with Gasteiger partial charge < -0.3 is 11.3 Å². The molecule has 1 rings (SSSR count). The van der Waals surface area contributed by atoms with Crippen molar-refractivity contribution in [3.63, 3.8) is 0 Å². The fourth-order valence-corrected chi connectivity index (χ4v) is 1.13. The molecule has 1 heterocycles. The molecule has 0 atom stereocenters. The van der Waals surface area contributed by atoms with Gasteiger partial charge in [-0.1, -0.05) is 13.8 Å². The molecule has 0 amide bonds. The molecule has 0 fully saturated rings. The molecule has 8 heavy (non-hydrogen) atoms. The van der Waals surface area contributed by atoms with E-state index in [1.165, 1.54) is 11.1 Å². The number of hydrogen-bond acceptors (Lipinski definition) is 1. The van der Waals surface area contributed by atoms with Gasteiger partial charge in [0.15, 0.2) is 0 Å². The van der Waals surface area contributed by atoms with Crippen LogP contribution in [0.5, 0.6) is 0 Å². The van der Waals surface area contributed by atoms with E-state index >= 15 is 0 Å². The van der Waals surface area contributed by atoms with Crippen molar-refractivity contribution in [3.05, 3.63) is 21.9 Å². The van der Waals surface area contributed by atoms with Crippen LogP contribution in [-0.4, -0.2) is 0 Å². The molecule has 0 aliphatic rings. The summed E-state index contributed by atoms with van der Waals surface area (Å²) in [6, 6.07) is 0. The zero-order chi connectivity index (χ0) is 5.28. The van der Waals surface area contributed by atoms with Crippen molar-refractivity contribution < 1.29 is 18.6 Å². The molecule has 1 aromatic heterocycles. The van der Waals surface area contributed by atoms with Gasteiger partial charge in [0.25, 0.3) is 0 Å². The van der Waals surface area contributed by atoms with Gasteiger partial charge in [0, 0.05) is 18.6 Å². The number of hydrogen-bond donors (Lipinski definition) is 0. The van der Waals surface area contributed by atoms with Crippen molar-refractivity contribution in [2.75, 3.05) is 0 Å². The first-order valence-corrected chi connectivity index (χ1v) is 3.11. The quantitative estimate of drug-likeness (QED) is 0.513. The molecule has 0 aliphatic carbocycles. The Labute approximate surface area is 65.8 Å². The van der Waals surface area contributed by atoms with Crippen LogP contribution in [0.2, 0.25) is 0 Å². The van der Waals surface area contributed by atoms with E-state index in [-0.39, 0.29) is 18.6 Å². The maximum Gasteiger partial charge on any atom is 0 e. The van der Waals surface area contributed by atoms with E-state index in [1.54, 1.807) is 11.3 Å². The fourth-order valence-electron chi connectivity index (χ4n) is 0.375. The van der Waals surface area contributed by atoms with Gasteiger partial charge in [0.05, 0.1) is 0 Å². The molecule has 0 aliphatic heterocycles. The van der Waals surface area contributed by atoms with Crippen molar-refractivity contribution in [2.45, 2.75) is 13.8 Å². The Hall–Kier alpha value is 0.284. The maximum atomic E-state index is 3.11. The average Bonchev–Trinajstić information content (AvgIpc) is 1.91. The van der Waals surface area contributed by atoms with Gasteiger partial charge in [-0.2, -0.15) is 16.5 Å². The second kappa shape index (κ2) is 3.34. The first-order valence-electron chi connectivity index (χ1n) is 2.23. The molecule has 0 bridgehead atoms. The molecule has 0 aromatic carbocycles. The normalized spacial score (nSPS) is 8.25. The Bertz CT molecular complexity index is 141. The second-order valence-corrected chi connectivity index (χ2v) is 2.32. The maximum absolute atomic E-state index is 3.11. The molecule has 43 valence electrons. The largest absolute Gasteiger partial charge is 0.303 e. The molecule has 0 unspecified atom stereocenters. The van der Waals surface area contributed by atoms with Crippen LogP contribution in [0.3, 0.4) is 0 Å². The van der Waals surface area contributed by atoms with E-state index in [2.05, 4.69) is 24.6 Å². The van der Waals surface area contributed by atoms with Crippen molar-refractivity contribution >= 4 is 11.3 Å². The zero-order valence-electron chi connectivity index (χ0n) is 4.93. The number of aryl methyl sites for hydroxylation is 2. The van der Waals surface area contributed by atoms with Crippen LogP contribution in [-0.2, 0) is 18.6 Å². The van der Waals surface area contributed by atoms with Crippen LogP contribution >= 0.6 is 11.3 Å². The molecule has 0 saturated heterocycles. The predicted molar refractivity (Wildman–Crippen MR) is 32.6 cm³/mol. The van der Waals surface area contributed by atoms with Gasteiger partial charge in [0.2, 0.25) is 0 Å². The smallest absolute Gasteiger partial charge is 0 e. The van der Waals surface area contributed by atoms with Gasteiger partial charge in [-0.05, 0) is 0 Å². The predicted octanol–water partition coefficient (Wildman–Crippen LogP) is 2.16. The summed E-state index contributed by atoms with van der Waals surface area (Å²) in [5, 5.41) is 5.22. The first-order chi connectivity index (χ1) is 3.30. The summed E-state index contributed by atoms with van der Waals surface area (Å²) in [4.78, 5) is 0. The zero-order valence-corrected chi connectivity index (χ0v) is 7.15. The molecular weight excluding hydrogens is 155 g/mol. The van der Waals surface area contributed by atoms with Crippen molar-refractivity contribution in [1.29, 1.82) is 0 Å². The third-order valence-corrected chi connectivity index (χ3v) is 1.93. The summed E-state index contributed by atoms with van der Waals surface area (Å²) < 4.78 is 0. The number of rotatable bonds is 0. The molecule has 1 radical (unpaired) electrons. The Kier molecular flexibility index (Phi) is 3.46. The van der Waals surface area contributed by atoms with E-state index in [9.17, 15) is 0 Å². The summed E-state index contributed by atoms with van der Waals surface area (Å²) in [6.45, 7) is 4.17. The van der Waals surface area contributed by atoms with Gasteiger partial charge in [0.1, 0.15) is 0 Å². The summed E-state index contributed by atoms with van der Waals surface area (Å²) in [5.41, 5.74) is 2.63. The van der Waals surface area contributed by atoms with Gasteiger partial charge in [-0.15, -0.1) is 5.38 Å². The summed E-state index contributed by atoms with van der Waals surface area (Å²) in [7, 11) is 0. The molecule has 1 aromatic rings. The Morgan fingerprint density at radius 2 is 2.12 bits per heavy atom. The minimum absolute atomic E-state index is 0. The van der Waals surface area contributed by atoms with Crippen LogP contribution < -0.4 is 0 Å². The van der Waals surface area contributed by atoms with Gasteiger partial charge >= 0.3 is 0 Å². The molecular formula is C6H7SV-. The Morgan fingerprint density at radius 1 is 1.50 bits per heavy atom. The summed E-state index contributed by atoms with van der Waals surface area (Å²) in [6.07, 6.45) is 0. The summed E-state index contributed by atoms with van der Waals surface area (Å²) >= 11 is 1.64. The first kappa shape index (κ1) is 8.28. The average molecular weight is 162 g/mol. The Morgan fingerprint density at radius 3 is 2.25 bits per heavy atom. The standard InChI is InChI=1S/C6H7S.V/c1-5-3-7-4-6(5)2;/h3H,1-2H3;/q-1;. The summed E-state index contributed by atoms with van der Waals surface area (Å²) in [5.74, 6) is 0. The van der Waals surface area contributed by atoms with Crippen molar-refractivity contribution in [2.24, 2.45) is 0 Å². The van der Waals surface area contributed by atoms with Crippen LogP contribution in [0.4, 0.5) is 0 Å². The van der Waals surface area contributed by atoms with Crippen LogP contribution in [0.15, 0.2) is 5.38 Å². The minimum atomic E-state index is 0. The molecule has 2 heteroatoms. The van der Waals surface area contributed by atoms with Gasteiger partial charge in [-0.3, -0.25) is 0 Å². The fraction of sp³-hybridized carbons (Fsp3) is 0.333. The second-order valence-electron chi connectivity index (χ2n) is 1.65. The van der Waals surface area contributed by atoms with E-state index in [4.69, 9.17) is 0 Å². The van der Waals surface area contributed by atoms with Crippen molar-refractivity contribution in [3.8, 4) is 0 Å². The van der Waals surface area contributed by atoms with Gasteiger partial charge in [-0.25, -0.2) is 0 Å². The van der Waals surface area contributed by atoms with Crippen LogP contribution in [0.1, 0.15) is 11.1 Å². The molecule has 0 saturated carbocycles. The van der Waals surface area contributed by atoms with E-state index < -0.39 is 0 Å². The van der Waals surface area contributed by atoms with Crippen LogP contribution in [0, 0.1) is 19.2 Å². The Balaban J connectivity index is 0.000000490. The monoisotopic (exact) mass is 162 g/mol. The molecule has 0 nitrogen and oxygen atoms in total. The number of thiophene rings is 1. The van der Waals surface area contributed by atoms with E-state index in [0.29, 0.717) is 0 Å². The van der Waals surface area contributed by atoms with E-state index in [0.717, 1.165) is 0 Å². The van der Waals surface area contributed by atoms with Crippen molar-refractivity contribution in [1.82, 2.24) is 0 Å². The van der Waals surface area contributed by atoms with Crippen LogP contribution in [0.25, 0.3) is 0 Å². The van der Waals surface area contributed by atoms with E-state index in [1.807, 2.05) is 0 Å². The topological polar surface area (TPSA) is 0 Å². The molecule has 0 spiro atoms.